The molecule has 0 aliphatic carbocycles. The summed E-state index contributed by atoms with van der Waals surface area (Å²) >= 11 is 3.54. The Morgan fingerprint density at radius 3 is 2.79 bits per heavy atom. The molecule has 2 aromatic carbocycles. The number of anilines is 2. The third kappa shape index (κ3) is 3.64. The number of rotatable bonds is 5. The van der Waals surface area contributed by atoms with E-state index in [9.17, 15) is 4.79 Å². The molecule has 1 aliphatic heterocycles. The second-order valence-corrected chi connectivity index (χ2v) is 6.62. The highest BCUT2D eigenvalue weighted by Crippen LogP contribution is 2.43. The minimum absolute atomic E-state index is 0.0914. The molecule has 2 N–H and O–H groups in total. The summed E-state index contributed by atoms with van der Waals surface area (Å²) in [5, 5.41) is 0. The lowest BCUT2D eigenvalue weighted by atomic mass is 10.0. The van der Waals surface area contributed by atoms with Crippen LogP contribution >= 0.6 is 16.1 Å². The number of nitrogens with zero attached hydrogens (tertiary/aromatic N) is 1. The number of nitrogens with two attached hydrogens (primary N) is 1. The highest BCUT2D eigenvalue weighted by Gasteiger charge is 2.30. The van der Waals surface area contributed by atoms with Gasteiger partial charge in [0.05, 0.1) is 18.0 Å². The summed E-state index contributed by atoms with van der Waals surface area (Å²) < 4.78 is 13.0. The molecule has 1 aliphatic rings. The topological polar surface area (TPSA) is 64.8 Å². The lowest BCUT2D eigenvalue weighted by molar-refractivity contribution is -0.141. The van der Waals surface area contributed by atoms with E-state index in [0.717, 1.165) is 16.8 Å². The van der Waals surface area contributed by atoms with Gasteiger partial charge in [0.1, 0.15) is 12.4 Å². The van der Waals surface area contributed by atoms with Gasteiger partial charge in [-0.15, -0.1) is 0 Å². The summed E-state index contributed by atoms with van der Waals surface area (Å²) in [4.78, 5) is 11.0. The van der Waals surface area contributed by atoms with Crippen molar-refractivity contribution in [3.8, 4) is 5.75 Å². The van der Waals surface area contributed by atoms with Crippen molar-refractivity contribution >= 4 is 33.5 Å². The molecule has 2 aromatic rings. The van der Waals surface area contributed by atoms with Crippen LogP contribution in [0.4, 0.5) is 11.4 Å². The van der Waals surface area contributed by atoms with Crippen LogP contribution in [0.15, 0.2) is 42.5 Å². The summed E-state index contributed by atoms with van der Waals surface area (Å²) in [5.41, 5.74) is 9.87. The molecule has 1 unspecified atom stereocenters. The number of carbonyl (C=O) groups is 1. The van der Waals surface area contributed by atoms with Gasteiger partial charge in [-0.3, -0.25) is 4.79 Å². The first kappa shape index (κ1) is 16.6. The predicted molar refractivity (Wildman–Crippen MR) is 97.3 cm³/mol. The Hall–Kier alpha value is -2.21. The van der Waals surface area contributed by atoms with E-state index in [0.29, 0.717) is 31.2 Å². The molecule has 0 fully saturated rings. The third-order valence-corrected chi connectivity index (χ3v) is 4.64. The van der Waals surface area contributed by atoms with Crippen LogP contribution in [0.2, 0.25) is 0 Å². The Kier molecular flexibility index (Phi) is 4.94. The molecule has 5 nitrogen and oxygen atoms in total. The number of ether oxygens (including phenoxy) is 2. The minimum atomic E-state index is -0.277. The molecular weight excluding hydrogens is 372 g/mol. The summed E-state index contributed by atoms with van der Waals surface area (Å²) in [6.45, 7) is 2.93. The molecule has 24 heavy (non-hydrogen) atoms. The van der Waals surface area contributed by atoms with Gasteiger partial charge in [-0.25, -0.2) is 0 Å². The van der Waals surface area contributed by atoms with Gasteiger partial charge in [0.2, 0.25) is 0 Å². The maximum absolute atomic E-state index is 11.0. The average Bonchev–Trinajstić information content (AvgIpc) is 2.87. The molecule has 1 heterocycles. The Labute approximate surface area is 149 Å². The fraction of sp³-hybridized carbons (Fsp3) is 0.278. The molecule has 6 heteroatoms. The number of hydrogen-bond acceptors (Lipinski definition) is 5. The van der Waals surface area contributed by atoms with Crippen LogP contribution < -0.4 is 14.4 Å². The van der Waals surface area contributed by atoms with Gasteiger partial charge in [0.25, 0.3) is 0 Å². The van der Waals surface area contributed by atoms with Gasteiger partial charge in [-0.1, -0.05) is 30.3 Å². The molecule has 3 rings (SSSR count). The smallest absolute Gasteiger partial charge is 0.302 e. The van der Waals surface area contributed by atoms with Crippen molar-refractivity contribution < 1.29 is 14.3 Å². The maximum atomic E-state index is 11.0. The van der Waals surface area contributed by atoms with Crippen LogP contribution in [0.1, 0.15) is 24.0 Å². The molecule has 0 aromatic heterocycles. The van der Waals surface area contributed by atoms with Crippen molar-refractivity contribution in [3.63, 3.8) is 0 Å². The van der Waals surface area contributed by atoms with E-state index >= 15 is 0 Å². The second-order valence-electron chi connectivity index (χ2n) is 5.77. The number of halogens is 1. The molecule has 0 saturated carbocycles. The average molecular weight is 391 g/mol. The van der Waals surface area contributed by atoms with Crippen molar-refractivity contribution in [2.24, 2.45) is 0 Å². The van der Waals surface area contributed by atoms with Crippen LogP contribution in [0, 0.1) is 0 Å². The number of hydrogen-bond donors (Lipinski definition) is 1. The van der Waals surface area contributed by atoms with E-state index in [1.165, 1.54) is 6.92 Å². The first-order chi connectivity index (χ1) is 11.5. The van der Waals surface area contributed by atoms with Gasteiger partial charge >= 0.3 is 5.97 Å². The van der Waals surface area contributed by atoms with Crippen molar-refractivity contribution in [1.82, 2.24) is 0 Å². The van der Waals surface area contributed by atoms with Crippen LogP contribution in [-0.4, -0.2) is 19.1 Å². The highest BCUT2D eigenvalue weighted by atomic mass is 79.9. The molecule has 126 valence electrons. The largest absolute Gasteiger partial charge is 0.487 e. The predicted octanol–water partition coefficient (Wildman–Crippen LogP) is 3.62. The Bertz CT molecular complexity index is 737. The first-order valence-corrected chi connectivity index (χ1v) is 8.42. The zero-order valence-electron chi connectivity index (χ0n) is 13.4. The maximum Gasteiger partial charge on any atom is 0.302 e. The molecule has 0 bridgehead atoms. The normalized spacial score (nSPS) is 15.9. The summed E-state index contributed by atoms with van der Waals surface area (Å²) in [6, 6.07) is 13.8. The van der Waals surface area contributed by atoms with Gasteiger partial charge < -0.3 is 19.1 Å². The van der Waals surface area contributed by atoms with Crippen LogP contribution in [0.3, 0.4) is 0 Å². The number of nitrogen functional groups attached to an aromatic ring is 1. The Morgan fingerprint density at radius 2 is 2.08 bits per heavy atom. The lowest BCUT2D eigenvalue weighted by Gasteiger charge is -2.14. The highest BCUT2D eigenvalue weighted by molar-refractivity contribution is 9.10. The van der Waals surface area contributed by atoms with Gasteiger partial charge in [0.15, 0.2) is 0 Å². The molecular formula is C18H19BrN2O3. The van der Waals surface area contributed by atoms with Gasteiger partial charge in [-0.2, -0.15) is 0 Å². The Balaban J connectivity index is 1.77. The fourth-order valence-corrected chi connectivity index (χ4v) is 3.41. The van der Waals surface area contributed by atoms with Crippen molar-refractivity contribution in [2.45, 2.75) is 19.4 Å². The molecule has 0 saturated heterocycles. The molecule has 0 amide bonds. The van der Waals surface area contributed by atoms with E-state index in [-0.39, 0.29) is 11.9 Å². The number of esters is 1. The monoisotopic (exact) mass is 390 g/mol. The van der Waals surface area contributed by atoms with Crippen molar-refractivity contribution in [3.05, 3.63) is 53.6 Å². The Morgan fingerprint density at radius 1 is 1.33 bits per heavy atom. The van der Waals surface area contributed by atoms with E-state index < -0.39 is 0 Å². The summed E-state index contributed by atoms with van der Waals surface area (Å²) in [7, 11) is 0. The fourth-order valence-electron chi connectivity index (χ4n) is 2.75. The summed E-state index contributed by atoms with van der Waals surface area (Å²) in [6.07, 6.45) is 0. The van der Waals surface area contributed by atoms with E-state index in [1.54, 1.807) is 0 Å². The molecule has 0 spiro atoms. The van der Waals surface area contributed by atoms with E-state index in [2.05, 4.69) is 16.1 Å². The van der Waals surface area contributed by atoms with Gasteiger partial charge in [-0.05, 0) is 17.2 Å². The molecule has 0 radical (unpaired) electrons. The van der Waals surface area contributed by atoms with E-state index in [4.69, 9.17) is 15.2 Å². The zero-order valence-corrected chi connectivity index (χ0v) is 15.0. The first-order valence-electron chi connectivity index (χ1n) is 7.71. The summed E-state index contributed by atoms with van der Waals surface area (Å²) in [5.74, 6) is 0.462. The number of carbonyl (C=O) groups excluding carboxylic acids is 1. The van der Waals surface area contributed by atoms with Crippen LogP contribution in [0.5, 0.6) is 5.75 Å². The van der Waals surface area contributed by atoms with E-state index in [1.807, 2.05) is 46.4 Å². The van der Waals surface area contributed by atoms with Crippen LogP contribution in [0.25, 0.3) is 0 Å². The standard InChI is InChI=1S/C18H19BrN2O3/c1-12(22)23-11-14-9-21(19)17-8-18(16(20)7-15(14)17)24-10-13-5-3-2-4-6-13/h2-8,14H,9-11,20H2,1H3. The number of benzene rings is 2. The molecule has 1 atom stereocenters. The van der Waals surface area contributed by atoms with Crippen molar-refractivity contribution in [2.75, 3.05) is 22.8 Å². The van der Waals surface area contributed by atoms with Crippen molar-refractivity contribution in [1.29, 1.82) is 0 Å². The second kappa shape index (κ2) is 7.13. The minimum Gasteiger partial charge on any atom is -0.487 e. The van der Waals surface area contributed by atoms with Crippen LogP contribution in [-0.2, 0) is 16.1 Å². The zero-order chi connectivity index (χ0) is 17.1. The third-order valence-electron chi connectivity index (χ3n) is 3.97. The van der Waals surface area contributed by atoms with Gasteiger partial charge in [0, 0.05) is 41.6 Å². The quantitative estimate of drug-likeness (QED) is 0.479. The number of fused-ring (bicyclic) bond motifs is 1. The lowest BCUT2D eigenvalue weighted by Crippen LogP contribution is -2.15. The SMILES string of the molecule is CC(=O)OCC1CN(Br)c2cc(OCc3ccccc3)c(N)cc21.